The Labute approximate surface area is 195 Å². The van der Waals surface area contributed by atoms with Gasteiger partial charge in [-0.15, -0.1) is 0 Å². The van der Waals surface area contributed by atoms with E-state index in [1.165, 1.54) is 18.5 Å². The average molecular weight is 471 g/mol. The first kappa shape index (κ1) is 23.3. The molecule has 1 heterocycles. The summed E-state index contributed by atoms with van der Waals surface area (Å²) in [4.78, 5) is 28.3. The smallest absolute Gasteiger partial charge is 0.352 e. The maximum absolute atomic E-state index is 12.7. The highest BCUT2D eigenvalue weighted by Crippen LogP contribution is 2.25. The summed E-state index contributed by atoms with van der Waals surface area (Å²) in [5.41, 5.74) is 2.95. The van der Waals surface area contributed by atoms with Crippen LogP contribution in [-0.4, -0.2) is 22.0 Å². The predicted molar refractivity (Wildman–Crippen MR) is 124 cm³/mol. The Kier molecular flexibility index (Phi) is 7.51. The Balaban J connectivity index is 1.74. The number of ether oxygens (including phenoxy) is 1. The first-order valence-electron chi connectivity index (χ1n) is 9.59. The van der Waals surface area contributed by atoms with Crippen molar-refractivity contribution in [3.63, 3.8) is 0 Å². The normalized spacial score (nSPS) is 11.2. The molecular weight excluding hydrogens is 451 g/mol. The summed E-state index contributed by atoms with van der Waals surface area (Å²) < 4.78 is 5.71. The van der Waals surface area contributed by atoms with Crippen LogP contribution in [0, 0.1) is 13.8 Å². The quantitative estimate of drug-likeness (QED) is 0.448. The summed E-state index contributed by atoms with van der Waals surface area (Å²) in [5.74, 6) is -1.17. The molecule has 0 spiro atoms. The second kappa shape index (κ2) is 10.3. The molecule has 0 fully saturated rings. The fourth-order valence-electron chi connectivity index (χ4n) is 3.07. The fourth-order valence-corrected chi connectivity index (χ4v) is 3.54. The maximum Gasteiger partial charge on any atom is 0.352 e. The molecule has 0 radical (unpaired) electrons. The second-order valence-electron chi connectivity index (χ2n) is 7.02. The van der Waals surface area contributed by atoms with Crippen molar-refractivity contribution in [2.24, 2.45) is 0 Å². The van der Waals surface area contributed by atoms with Crippen molar-refractivity contribution in [1.82, 2.24) is 10.3 Å². The summed E-state index contributed by atoms with van der Waals surface area (Å²) in [6.07, 6.45) is 4.36. The number of aliphatic carboxylic acids is 1. The average Bonchev–Trinajstić information content (AvgIpc) is 2.74. The molecule has 0 aliphatic heterocycles. The van der Waals surface area contributed by atoms with Gasteiger partial charge >= 0.3 is 5.97 Å². The number of aromatic nitrogens is 1. The lowest BCUT2D eigenvalue weighted by molar-refractivity contribution is -0.132. The molecule has 0 atom stereocenters. The minimum atomic E-state index is -1.24. The van der Waals surface area contributed by atoms with E-state index in [1.54, 1.807) is 50.2 Å². The van der Waals surface area contributed by atoms with E-state index in [0.29, 0.717) is 32.5 Å². The Hall–Kier alpha value is -3.35. The summed E-state index contributed by atoms with van der Waals surface area (Å²) in [7, 11) is 0. The molecule has 3 rings (SSSR count). The number of nitrogens with zero attached hydrogens (tertiary/aromatic N) is 1. The first-order chi connectivity index (χ1) is 15.3. The zero-order chi connectivity index (χ0) is 23.3. The third kappa shape index (κ3) is 5.66. The van der Waals surface area contributed by atoms with Crippen molar-refractivity contribution in [3.8, 4) is 5.75 Å². The molecule has 0 bridgehead atoms. The van der Waals surface area contributed by atoms with Crippen molar-refractivity contribution in [1.29, 1.82) is 0 Å². The SMILES string of the molecule is Cc1cccc(C)c1C(=O)N/C(=C\c1ccc(OCc2c(Cl)cncc2Cl)cc1)C(=O)O. The van der Waals surface area contributed by atoms with Gasteiger partial charge in [-0.2, -0.15) is 0 Å². The highest BCUT2D eigenvalue weighted by molar-refractivity contribution is 6.35. The van der Waals surface area contributed by atoms with Crippen LogP contribution >= 0.6 is 23.2 Å². The largest absolute Gasteiger partial charge is 0.489 e. The molecule has 164 valence electrons. The predicted octanol–water partition coefficient (Wildman–Crippen LogP) is 5.44. The third-order valence-electron chi connectivity index (χ3n) is 4.71. The van der Waals surface area contributed by atoms with Crippen LogP contribution in [-0.2, 0) is 11.4 Å². The third-order valence-corrected chi connectivity index (χ3v) is 5.36. The Morgan fingerprint density at radius 2 is 1.62 bits per heavy atom. The number of carbonyl (C=O) groups excluding carboxylic acids is 1. The topological polar surface area (TPSA) is 88.5 Å². The number of amides is 1. The number of rotatable bonds is 7. The lowest BCUT2D eigenvalue weighted by atomic mass is 10.0. The molecule has 0 saturated carbocycles. The van der Waals surface area contributed by atoms with Crippen molar-refractivity contribution in [2.75, 3.05) is 0 Å². The molecule has 2 aromatic carbocycles. The van der Waals surface area contributed by atoms with Gasteiger partial charge in [0.2, 0.25) is 0 Å². The molecule has 6 nitrogen and oxygen atoms in total. The van der Waals surface area contributed by atoms with Gasteiger partial charge < -0.3 is 15.2 Å². The number of hydrogen-bond donors (Lipinski definition) is 2. The number of aryl methyl sites for hydroxylation is 2. The molecule has 1 amide bonds. The molecule has 32 heavy (non-hydrogen) atoms. The molecule has 0 aliphatic carbocycles. The number of carboxylic acid groups (broad SMARTS) is 1. The van der Waals surface area contributed by atoms with Gasteiger partial charge in [-0.1, -0.05) is 53.5 Å². The summed E-state index contributed by atoms with van der Waals surface area (Å²) in [5, 5.41) is 12.9. The highest BCUT2D eigenvalue weighted by Gasteiger charge is 2.17. The number of halogens is 2. The lowest BCUT2D eigenvalue weighted by Crippen LogP contribution is -2.28. The van der Waals surface area contributed by atoms with Crippen LogP contribution in [0.1, 0.15) is 32.6 Å². The minimum absolute atomic E-state index is 0.154. The van der Waals surface area contributed by atoms with Gasteiger partial charge in [-0.05, 0) is 48.7 Å². The Bertz CT molecular complexity index is 1150. The van der Waals surface area contributed by atoms with E-state index in [-0.39, 0.29) is 12.3 Å². The van der Waals surface area contributed by atoms with E-state index < -0.39 is 11.9 Å². The van der Waals surface area contributed by atoms with Crippen LogP contribution in [0.4, 0.5) is 0 Å². The van der Waals surface area contributed by atoms with Crippen LogP contribution in [0.2, 0.25) is 10.0 Å². The number of carbonyl (C=O) groups is 2. The van der Waals surface area contributed by atoms with Gasteiger partial charge in [0.25, 0.3) is 5.91 Å². The van der Waals surface area contributed by atoms with E-state index in [9.17, 15) is 14.7 Å². The van der Waals surface area contributed by atoms with Crippen LogP contribution in [0.15, 0.2) is 60.6 Å². The summed E-state index contributed by atoms with van der Waals surface area (Å²) >= 11 is 12.2. The van der Waals surface area contributed by atoms with Gasteiger partial charge in [0.15, 0.2) is 0 Å². The molecule has 0 saturated heterocycles. The Morgan fingerprint density at radius 3 is 2.19 bits per heavy atom. The van der Waals surface area contributed by atoms with Crippen LogP contribution < -0.4 is 10.1 Å². The number of hydrogen-bond acceptors (Lipinski definition) is 4. The van der Waals surface area contributed by atoms with Crippen molar-refractivity contribution in [3.05, 3.63) is 98.4 Å². The molecule has 1 aromatic heterocycles. The molecule has 2 N–H and O–H groups in total. The zero-order valence-electron chi connectivity index (χ0n) is 17.4. The Morgan fingerprint density at radius 1 is 1.03 bits per heavy atom. The van der Waals surface area contributed by atoms with E-state index in [1.807, 2.05) is 6.07 Å². The van der Waals surface area contributed by atoms with Crippen molar-refractivity contribution in [2.45, 2.75) is 20.5 Å². The molecular formula is C24H20Cl2N2O4. The lowest BCUT2D eigenvalue weighted by Gasteiger charge is -2.11. The molecule has 0 unspecified atom stereocenters. The van der Waals surface area contributed by atoms with Crippen LogP contribution in [0.25, 0.3) is 6.08 Å². The summed E-state index contributed by atoms with van der Waals surface area (Å²) in [6.45, 7) is 3.76. The van der Waals surface area contributed by atoms with Gasteiger partial charge in [-0.3, -0.25) is 9.78 Å². The van der Waals surface area contributed by atoms with E-state index in [4.69, 9.17) is 27.9 Å². The number of benzene rings is 2. The van der Waals surface area contributed by atoms with Crippen LogP contribution in [0.3, 0.4) is 0 Å². The second-order valence-corrected chi connectivity index (χ2v) is 7.84. The summed E-state index contributed by atoms with van der Waals surface area (Å²) in [6, 6.07) is 12.2. The zero-order valence-corrected chi connectivity index (χ0v) is 18.9. The van der Waals surface area contributed by atoms with E-state index in [2.05, 4.69) is 10.3 Å². The molecule has 8 heteroatoms. The van der Waals surface area contributed by atoms with Gasteiger partial charge in [0.1, 0.15) is 18.1 Å². The fraction of sp³-hybridized carbons (Fsp3) is 0.125. The van der Waals surface area contributed by atoms with Gasteiger partial charge in [0, 0.05) is 23.5 Å². The number of pyridine rings is 1. The standard InChI is InChI=1S/C24H20Cl2N2O4/c1-14-4-3-5-15(2)22(14)23(29)28-21(24(30)31)10-16-6-8-17(9-7-16)32-13-18-19(25)11-27-12-20(18)26/h3-12H,13H2,1-2H3,(H,28,29)(H,30,31)/b21-10-. The molecule has 3 aromatic rings. The van der Waals surface area contributed by atoms with E-state index >= 15 is 0 Å². The molecule has 0 aliphatic rings. The van der Waals surface area contributed by atoms with Crippen LogP contribution in [0.5, 0.6) is 5.75 Å². The van der Waals surface area contributed by atoms with Crippen molar-refractivity contribution < 1.29 is 19.4 Å². The van der Waals surface area contributed by atoms with E-state index in [0.717, 1.165) is 11.1 Å². The minimum Gasteiger partial charge on any atom is -0.489 e. The number of carboxylic acids is 1. The number of nitrogens with one attached hydrogen (secondary N) is 1. The van der Waals surface area contributed by atoms with Gasteiger partial charge in [-0.25, -0.2) is 4.79 Å². The monoisotopic (exact) mass is 470 g/mol. The van der Waals surface area contributed by atoms with Gasteiger partial charge in [0.05, 0.1) is 10.0 Å². The van der Waals surface area contributed by atoms with Crippen molar-refractivity contribution >= 4 is 41.2 Å². The maximum atomic E-state index is 12.7. The highest BCUT2D eigenvalue weighted by atomic mass is 35.5. The first-order valence-corrected chi connectivity index (χ1v) is 10.3.